The molecule has 0 atom stereocenters. The highest BCUT2D eigenvalue weighted by molar-refractivity contribution is 6.41. The van der Waals surface area contributed by atoms with E-state index in [1.807, 2.05) is 0 Å². The molecule has 22 heavy (non-hydrogen) atoms. The summed E-state index contributed by atoms with van der Waals surface area (Å²) < 4.78 is 4.61. The van der Waals surface area contributed by atoms with Crippen LogP contribution in [-0.2, 0) is 4.74 Å². The van der Waals surface area contributed by atoms with Crippen molar-refractivity contribution < 1.29 is 14.3 Å². The van der Waals surface area contributed by atoms with Crippen molar-refractivity contribution in [2.75, 3.05) is 12.4 Å². The number of nitrogens with zero attached hydrogens (tertiary/aromatic N) is 1. The number of nitrogens with one attached hydrogen (secondary N) is 1. The van der Waals surface area contributed by atoms with Crippen LogP contribution < -0.4 is 5.32 Å². The van der Waals surface area contributed by atoms with E-state index < -0.39 is 11.9 Å². The number of halogens is 3. The molecule has 0 saturated carbocycles. The standard InChI is InChI=1S/C14H9Cl3N2O3/c1-22-14(21)7-2-3-9(15)11(5-7)19-13(20)8-4-10(16)12(17)18-6-8/h2-6H,1H3,(H,19,20). The van der Waals surface area contributed by atoms with Crippen LogP contribution in [0.25, 0.3) is 0 Å². The molecule has 0 aliphatic heterocycles. The maximum Gasteiger partial charge on any atom is 0.337 e. The lowest BCUT2D eigenvalue weighted by Gasteiger charge is -2.09. The van der Waals surface area contributed by atoms with Crippen molar-refractivity contribution in [1.29, 1.82) is 0 Å². The third-order valence-electron chi connectivity index (χ3n) is 2.69. The van der Waals surface area contributed by atoms with Crippen molar-refractivity contribution >= 4 is 52.4 Å². The molecule has 1 N–H and O–H groups in total. The molecule has 1 amide bonds. The number of amides is 1. The monoisotopic (exact) mass is 358 g/mol. The lowest BCUT2D eigenvalue weighted by atomic mass is 10.2. The Kier molecular flexibility index (Phi) is 5.24. The summed E-state index contributed by atoms with van der Waals surface area (Å²) in [7, 11) is 1.26. The fourth-order valence-electron chi connectivity index (χ4n) is 1.61. The number of hydrogen-bond acceptors (Lipinski definition) is 4. The van der Waals surface area contributed by atoms with E-state index in [4.69, 9.17) is 34.8 Å². The summed E-state index contributed by atoms with van der Waals surface area (Å²) in [5.74, 6) is -1.03. The van der Waals surface area contributed by atoms with Crippen molar-refractivity contribution in [3.8, 4) is 0 Å². The van der Waals surface area contributed by atoms with Crippen LogP contribution in [0, 0.1) is 0 Å². The molecule has 0 fully saturated rings. The molecule has 1 heterocycles. The van der Waals surface area contributed by atoms with Crippen LogP contribution in [0.2, 0.25) is 15.2 Å². The van der Waals surface area contributed by atoms with Gasteiger partial charge in [0.15, 0.2) is 0 Å². The normalized spacial score (nSPS) is 10.2. The summed E-state index contributed by atoms with van der Waals surface area (Å²) in [5, 5.41) is 3.10. The van der Waals surface area contributed by atoms with E-state index >= 15 is 0 Å². The molecule has 1 aromatic heterocycles. The predicted octanol–water partition coefficient (Wildman–Crippen LogP) is 4.08. The summed E-state index contributed by atoms with van der Waals surface area (Å²) >= 11 is 17.5. The third kappa shape index (κ3) is 3.68. The molecular weight excluding hydrogens is 351 g/mol. The van der Waals surface area contributed by atoms with Gasteiger partial charge in [0, 0.05) is 6.20 Å². The maximum absolute atomic E-state index is 12.2. The van der Waals surface area contributed by atoms with Crippen molar-refractivity contribution in [3.63, 3.8) is 0 Å². The molecule has 1 aromatic carbocycles. The number of ether oxygens (including phenoxy) is 1. The third-order valence-corrected chi connectivity index (χ3v) is 3.71. The molecule has 0 spiro atoms. The van der Waals surface area contributed by atoms with Gasteiger partial charge >= 0.3 is 5.97 Å². The first-order chi connectivity index (χ1) is 10.4. The zero-order chi connectivity index (χ0) is 16.3. The first-order valence-corrected chi connectivity index (χ1v) is 7.06. The number of methoxy groups -OCH3 is 1. The molecule has 5 nitrogen and oxygen atoms in total. The number of hydrogen-bond donors (Lipinski definition) is 1. The molecule has 114 valence electrons. The summed E-state index contributed by atoms with van der Waals surface area (Å²) in [6.45, 7) is 0. The minimum absolute atomic E-state index is 0.101. The van der Waals surface area contributed by atoms with Gasteiger partial charge in [0.2, 0.25) is 0 Å². The number of aromatic nitrogens is 1. The smallest absolute Gasteiger partial charge is 0.337 e. The van der Waals surface area contributed by atoms with Crippen LogP contribution in [0.15, 0.2) is 30.5 Å². The van der Waals surface area contributed by atoms with Crippen LogP contribution in [0.1, 0.15) is 20.7 Å². The van der Waals surface area contributed by atoms with Gasteiger partial charge in [-0.05, 0) is 24.3 Å². The van der Waals surface area contributed by atoms with Crippen molar-refractivity contribution in [1.82, 2.24) is 4.98 Å². The Bertz CT molecular complexity index is 750. The van der Waals surface area contributed by atoms with Gasteiger partial charge in [0.25, 0.3) is 5.91 Å². The zero-order valence-electron chi connectivity index (χ0n) is 11.2. The highest BCUT2D eigenvalue weighted by atomic mass is 35.5. The molecule has 8 heteroatoms. The molecule has 0 saturated heterocycles. The lowest BCUT2D eigenvalue weighted by Crippen LogP contribution is -2.13. The van der Waals surface area contributed by atoms with E-state index in [1.165, 1.54) is 37.6 Å². The van der Waals surface area contributed by atoms with Crippen LogP contribution in [0.4, 0.5) is 5.69 Å². The van der Waals surface area contributed by atoms with Gasteiger partial charge in [0.05, 0.1) is 34.0 Å². The quantitative estimate of drug-likeness (QED) is 0.662. The average molecular weight is 360 g/mol. The van der Waals surface area contributed by atoms with E-state index in [1.54, 1.807) is 0 Å². The van der Waals surface area contributed by atoms with Gasteiger partial charge in [0.1, 0.15) is 5.15 Å². The number of carbonyl (C=O) groups excluding carboxylic acids is 2. The second-order valence-corrected chi connectivity index (χ2v) is 5.31. The average Bonchev–Trinajstić information content (AvgIpc) is 2.51. The van der Waals surface area contributed by atoms with Gasteiger partial charge < -0.3 is 10.1 Å². The molecular formula is C14H9Cl3N2O3. The minimum Gasteiger partial charge on any atom is -0.465 e. The SMILES string of the molecule is COC(=O)c1ccc(Cl)c(NC(=O)c2cnc(Cl)c(Cl)c2)c1. The largest absolute Gasteiger partial charge is 0.465 e. The molecule has 0 unspecified atom stereocenters. The van der Waals surface area contributed by atoms with Crippen LogP contribution in [-0.4, -0.2) is 24.0 Å². The highest BCUT2D eigenvalue weighted by Crippen LogP contribution is 2.25. The number of carbonyl (C=O) groups is 2. The maximum atomic E-state index is 12.2. The fraction of sp³-hybridized carbons (Fsp3) is 0.0714. The Balaban J connectivity index is 2.27. The molecule has 0 bridgehead atoms. The molecule has 0 aliphatic rings. The summed E-state index contributed by atoms with van der Waals surface area (Å²) in [4.78, 5) is 27.4. The van der Waals surface area contributed by atoms with Crippen molar-refractivity contribution in [3.05, 3.63) is 56.8 Å². The second-order valence-electron chi connectivity index (χ2n) is 4.14. The number of benzene rings is 1. The van der Waals surface area contributed by atoms with Gasteiger partial charge in [-0.2, -0.15) is 0 Å². The Morgan fingerprint density at radius 3 is 2.45 bits per heavy atom. The second kappa shape index (κ2) is 6.96. The van der Waals surface area contributed by atoms with Crippen LogP contribution in [0.5, 0.6) is 0 Å². The topological polar surface area (TPSA) is 68.3 Å². The van der Waals surface area contributed by atoms with Gasteiger partial charge in [-0.1, -0.05) is 34.8 Å². The fourth-order valence-corrected chi connectivity index (χ4v) is 2.04. The highest BCUT2D eigenvalue weighted by Gasteiger charge is 2.13. The summed E-state index contributed by atoms with van der Waals surface area (Å²) in [6, 6.07) is 5.77. The molecule has 2 aromatic rings. The number of esters is 1. The van der Waals surface area contributed by atoms with E-state index in [0.29, 0.717) is 0 Å². The first-order valence-electron chi connectivity index (χ1n) is 5.92. The van der Waals surface area contributed by atoms with Gasteiger partial charge in [-0.25, -0.2) is 9.78 Å². The Labute approximate surface area is 141 Å². The number of rotatable bonds is 3. The van der Waals surface area contributed by atoms with Crippen LogP contribution in [0.3, 0.4) is 0 Å². The number of pyridine rings is 1. The van der Waals surface area contributed by atoms with Crippen molar-refractivity contribution in [2.24, 2.45) is 0 Å². The number of anilines is 1. The minimum atomic E-state index is -0.539. The zero-order valence-corrected chi connectivity index (χ0v) is 13.5. The Morgan fingerprint density at radius 1 is 1.09 bits per heavy atom. The molecule has 2 rings (SSSR count). The molecule has 0 radical (unpaired) electrons. The molecule has 0 aliphatic carbocycles. The predicted molar refractivity (Wildman–Crippen MR) is 85.0 cm³/mol. The lowest BCUT2D eigenvalue weighted by molar-refractivity contribution is 0.0600. The van der Waals surface area contributed by atoms with Crippen molar-refractivity contribution in [2.45, 2.75) is 0 Å². The van der Waals surface area contributed by atoms with Crippen LogP contribution >= 0.6 is 34.8 Å². The Hall–Kier alpha value is -1.82. The van der Waals surface area contributed by atoms with E-state index in [2.05, 4.69) is 15.0 Å². The van der Waals surface area contributed by atoms with E-state index in [0.717, 1.165) is 0 Å². The van der Waals surface area contributed by atoms with Gasteiger partial charge in [-0.3, -0.25) is 4.79 Å². The van der Waals surface area contributed by atoms with E-state index in [-0.39, 0.29) is 32.0 Å². The van der Waals surface area contributed by atoms with Gasteiger partial charge in [-0.15, -0.1) is 0 Å². The van der Waals surface area contributed by atoms with E-state index in [9.17, 15) is 9.59 Å². The first kappa shape index (κ1) is 16.5. The Morgan fingerprint density at radius 2 is 1.82 bits per heavy atom. The summed E-state index contributed by atoms with van der Waals surface area (Å²) in [5.41, 5.74) is 0.726. The summed E-state index contributed by atoms with van der Waals surface area (Å²) in [6.07, 6.45) is 1.28.